The Bertz CT molecular complexity index is 832. The molecule has 0 radical (unpaired) electrons. The van der Waals surface area contributed by atoms with Gasteiger partial charge in [0.1, 0.15) is 5.56 Å². The van der Waals surface area contributed by atoms with Crippen LogP contribution in [0.3, 0.4) is 0 Å². The molecule has 1 atom stereocenters. The number of hydrogen-bond donors (Lipinski definition) is 0. The molecule has 0 N–H and O–H groups in total. The molecule has 0 spiro atoms. The summed E-state index contributed by atoms with van der Waals surface area (Å²) in [6.45, 7) is 12.1. The number of esters is 1. The van der Waals surface area contributed by atoms with Gasteiger partial charge in [0, 0.05) is 56.9 Å². The molecule has 1 unspecified atom stereocenters. The predicted octanol–water partition coefficient (Wildman–Crippen LogP) is 2.63. The van der Waals surface area contributed by atoms with Crippen LogP contribution in [0.15, 0.2) is 30.5 Å². The van der Waals surface area contributed by atoms with Gasteiger partial charge in [0.15, 0.2) is 0 Å². The molecular weight excluding hydrogens is 352 g/mol. The Hall–Kier alpha value is -2.18. The fraction of sp³-hybridized carbons (Fsp3) is 0.545. The highest BCUT2D eigenvalue weighted by Gasteiger charge is 2.32. The van der Waals surface area contributed by atoms with Crippen molar-refractivity contribution in [1.29, 1.82) is 0 Å². The van der Waals surface area contributed by atoms with E-state index in [2.05, 4.69) is 32.7 Å². The van der Waals surface area contributed by atoms with Crippen molar-refractivity contribution in [2.45, 2.75) is 26.3 Å². The van der Waals surface area contributed by atoms with Gasteiger partial charge >= 0.3 is 5.97 Å². The van der Waals surface area contributed by atoms with Gasteiger partial charge in [0.25, 0.3) is 0 Å². The first kappa shape index (κ1) is 19.2. The molecule has 1 aromatic heterocycles. The van der Waals surface area contributed by atoms with Crippen LogP contribution in [0.4, 0.5) is 5.69 Å². The van der Waals surface area contributed by atoms with E-state index >= 15 is 0 Å². The maximum absolute atomic E-state index is 12.6. The van der Waals surface area contributed by atoms with Crippen LogP contribution < -0.4 is 4.90 Å². The fourth-order valence-electron chi connectivity index (χ4n) is 4.51. The van der Waals surface area contributed by atoms with Gasteiger partial charge in [-0.1, -0.05) is 25.1 Å². The van der Waals surface area contributed by atoms with E-state index in [-0.39, 0.29) is 5.97 Å². The number of aromatic nitrogens is 1. The number of piperazine rings is 1. The molecule has 2 saturated heterocycles. The summed E-state index contributed by atoms with van der Waals surface area (Å²) < 4.78 is 5.32. The Morgan fingerprint density at radius 3 is 2.68 bits per heavy atom. The molecule has 0 amide bonds. The number of anilines is 1. The molecule has 6 heteroatoms. The van der Waals surface area contributed by atoms with Crippen molar-refractivity contribution in [2.75, 3.05) is 57.3 Å². The Balaban J connectivity index is 1.60. The zero-order chi connectivity index (χ0) is 19.5. The number of fused-ring (bicyclic) bond motifs is 1. The molecule has 6 nitrogen and oxygen atoms in total. The van der Waals surface area contributed by atoms with Gasteiger partial charge in [0.05, 0.1) is 17.8 Å². The molecule has 3 heterocycles. The second kappa shape index (κ2) is 8.45. The fourth-order valence-corrected chi connectivity index (χ4v) is 4.51. The van der Waals surface area contributed by atoms with Gasteiger partial charge in [0.2, 0.25) is 0 Å². The summed E-state index contributed by atoms with van der Waals surface area (Å²) >= 11 is 0. The third kappa shape index (κ3) is 3.71. The lowest BCUT2D eigenvalue weighted by Crippen LogP contribution is -2.50. The first-order valence-electron chi connectivity index (χ1n) is 10.5. The Morgan fingerprint density at radius 1 is 1.14 bits per heavy atom. The summed E-state index contributed by atoms with van der Waals surface area (Å²) in [5.41, 5.74) is 2.49. The van der Waals surface area contributed by atoms with E-state index in [1.807, 2.05) is 25.1 Å². The number of rotatable bonds is 5. The predicted molar refractivity (Wildman–Crippen MR) is 112 cm³/mol. The van der Waals surface area contributed by atoms with E-state index < -0.39 is 0 Å². The molecular formula is C22H30N4O2. The van der Waals surface area contributed by atoms with Gasteiger partial charge in [-0.2, -0.15) is 0 Å². The molecule has 4 rings (SSSR count). The maximum Gasteiger partial charge on any atom is 0.341 e. The number of ether oxygens (including phenoxy) is 1. The Morgan fingerprint density at radius 2 is 1.93 bits per heavy atom. The molecule has 2 aliphatic heterocycles. The number of likely N-dealkylation sites (N-methyl/N-ethyl adjacent to an activating group) is 1. The van der Waals surface area contributed by atoms with Gasteiger partial charge < -0.3 is 14.5 Å². The normalized spacial score (nSPS) is 21.4. The molecule has 0 aliphatic carbocycles. The van der Waals surface area contributed by atoms with Crippen LogP contribution in [0, 0.1) is 0 Å². The Kier molecular flexibility index (Phi) is 5.78. The third-order valence-electron chi connectivity index (χ3n) is 6.09. The standard InChI is InChI=1S/C22H30N4O2/c1-3-24-11-13-25(14-12-24)17-9-10-26(16-17)21-18-7-5-6-8-20(18)23-15-19(21)22(27)28-4-2/h5-8,15,17H,3-4,9-14,16H2,1-2H3. The van der Waals surface area contributed by atoms with E-state index in [9.17, 15) is 4.79 Å². The summed E-state index contributed by atoms with van der Waals surface area (Å²) in [4.78, 5) is 24.6. The first-order valence-corrected chi connectivity index (χ1v) is 10.5. The number of para-hydroxylation sites is 1. The highest BCUT2D eigenvalue weighted by Crippen LogP contribution is 2.33. The monoisotopic (exact) mass is 382 g/mol. The minimum atomic E-state index is -0.282. The van der Waals surface area contributed by atoms with E-state index in [0.717, 1.165) is 68.8 Å². The molecule has 2 aliphatic rings. The largest absolute Gasteiger partial charge is 0.462 e. The van der Waals surface area contributed by atoms with Crippen LogP contribution >= 0.6 is 0 Å². The topological polar surface area (TPSA) is 48.9 Å². The smallest absolute Gasteiger partial charge is 0.341 e. The third-order valence-corrected chi connectivity index (χ3v) is 6.09. The van der Waals surface area contributed by atoms with Gasteiger partial charge in [-0.3, -0.25) is 9.88 Å². The van der Waals surface area contributed by atoms with Crippen molar-refractivity contribution in [3.63, 3.8) is 0 Å². The highest BCUT2D eigenvalue weighted by molar-refractivity contribution is 6.05. The van der Waals surface area contributed by atoms with E-state index in [4.69, 9.17) is 4.74 Å². The molecule has 0 saturated carbocycles. The minimum absolute atomic E-state index is 0.282. The molecule has 2 fully saturated rings. The molecule has 2 aromatic rings. The summed E-state index contributed by atoms with van der Waals surface area (Å²) in [6, 6.07) is 8.61. The number of pyridine rings is 1. The maximum atomic E-state index is 12.6. The number of benzene rings is 1. The molecule has 150 valence electrons. The quantitative estimate of drug-likeness (QED) is 0.741. The number of nitrogens with zero attached hydrogens (tertiary/aromatic N) is 4. The van der Waals surface area contributed by atoms with Crippen LogP contribution in [-0.2, 0) is 4.74 Å². The van der Waals surface area contributed by atoms with E-state index in [0.29, 0.717) is 18.2 Å². The van der Waals surface area contributed by atoms with Crippen LogP contribution in [0.1, 0.15) is 30.6 Å². The molecule has 1 aromatic carbocycles. The van der Waals surface area contributed by atoms with Crippen LogP contribution in [0.2, 0.25) is 0 Å². The van der Waals surface area contributed by atoms with Crippen molar-refractivity contribution >= 4 is 22.6 Å². The second-order valence-corrected chi connectivity index (χ2v) is 7.62. The zero-order valence-corrected chi connectivity index (χ0v) is 16.9. The van der Waals surface area contributed by atoms with Gasteiger partial charge in [-0.15, -0.1) is 0 Å². The van der Waals surface area contributed by atoms with E-state index in [1.54, 1.807) is 6.20 Å². The van der Waals surface area contributed by atoms with Crippen LogP contribution in [0.5, 0.6) is 0 Å². The lowest BCUT2D eigenvalue weighted by atomic mass is 10.1. The summed E-state index contributed by atoms with van der Waals surface area (Å²) in [5, 5.41) is 1.03. The number of carbonyl (C=O) groups excluding carboxylic acids is 1. The molecule has 0 bridgehead atoms. The molecule has 28 heavy (non-hydrogen) atoms. The number of hydrogen-bond acceptors (Lipinski definition) is 6. The lowest BCUT2D eigenvalue weighted by Gasteiger charge is -2.37. The Labute approximate surface area is 167 Å². The SMILES string of the molecule is CCOC(=O)c1cnc2ccccc2c1N1CCC(N2CCN(CC)CC2)C1. The van der Waals surface area contributed by atoms with Crippen molar-refractivity contribution in [1.82, 2.24) is 14.8 Å². The van der Waals surface area contributed by atoms with Gasteiger partial charge in [-0.25, -0.2) is 4.79 Å². The van der Waals surface area contributed by atoms with Crippen molar-refractivity contribution in [3.05, 3.63) is 36.0 Å². The second-order valence-electron chi connectivity index (χ2n) is 7.62. The lowest BCUT2D eigenvalue weighted by molar-refractivity contribution is 0.0527. The zero-order valence-electron chi connectivity index (χ0n) is 16.9. The first-order chi connectivity index (χ1) is 13.7. The highest BCUT2D eigenvalue weighted by atomic mass is 16.5. The van der Waals surface area contributed by atoms with Crippen molar-refractivity contribution < 1.29 is 9.53 Å². The average molecular weight is 383 g/mol. The summed E-state index contributed by atoms with van der Waals surface area (Å²) in [6.07, 6.45) is 2.81. The summed E-state index contributed by atoms with van der Waals surface area (Å²) in [7, 11) is 0. The van der Waals surface area contributed by atoms with Crippen LogP contribution in [-0.4, -0.2) is 79.2 Å². The summed E-state index contributed by atoms with van der Waals surface area (Å²) in [5.74, 6) is -0.282. The van der Waals surface area contributed by atoms with Crippen LogP contribution in [0.25, 0.3) is 10.9 Å². The average Bonchev–Trinajstić information content (AvgIpc) is 3.23. The number of carbonyl (C=O) groups is 1. The van der Waals surface area contributed by atoms with Crippen molar-refractivity contribution in [3.8, 4) is 0 Å². The van der Waals surface area contributed by atoms with Gasteiger partial charge in [-0.05, 0) is 26.0 Å². The van der Waals surface area contributed by atoms with E-state index in [1.165, 1.54) is 0 Å². The van der Waals surface area contributed by atoms with Crippen molar-refractivity contribution in [2.24, 2.45) is 0 Å². The minimum Gasteiger partial charge on any atom is -0.462 e.